The van der Waals surface area contributed by atoms with Crippen LogP contribution in [0.25, 0.3) is 11.1 Å². The molecule has 0 spiro atoms. The Balaban J connectivity index is 2.59. The largest absolute Gasteiger partial charge is 0.496 e. The van der Waals surface area contributed by atoms with E-state index >= 15 is 0 Å². The third kappa shape index (κ3) is 3.80. The molecule has 24 heavy (non-hydrogen) atoms. The third-order valence-corrected chi connectivity index (χ3v) is 4.14. The quantitative estimate of drug-likeness (QED) is 0.728. The summed E-state index contributed by atoms with van der Waals surface area (Å²) in [6, 6.07) is 9.72. The van der Waals surface area contributed by atoms with Crippen LogP contribution in [0.15, 0.2) is 30.3 Å². The number of ether oxygens (including phenoxy) is 3. The van der Waals surface area contributed by atoms with Gasteiger partial charge < -0.3 is 25.7 Å². The minimum atomic E-state index is 0.582. The summed E-state index contributed by atoms with van der Waals surface area (Å²) >= 11 is 0. The highest BCUT2D eigenvalue weighted by Crippen LogP contribution is 2.39. The zero-order valence-corrected chi connectivity index (χ0v) is 14.6. The zero-order chi connectivity index (χ0) is 17.5. The average molecular weight is 330 g/mol. The van der Waals surface area contributed by atoms with Crippen LogP contribution in [-0.4, -0.2) is 34.5 Å². The Morgan fingerprint density at radius 3 is 2.08 bits per heavy atom. The molecule has 0 amide bonds. The van der Waals surface area contributed by atoms with Gasteiger partial charge >= 0.3 is 0 Å². The number of nitrogens with two attached hydrogens (primary N) is 2. The molecule has 0 heterocycles. The Kier molecular flexibility index (Phi) is 6.46. The van der Waals surface area contributed by atoms with Crippen molar-refractivity contribution in [2.24, 2.45) is 0 Å². The van der Waals surface area contributed by atoms with Crippen molar-refractivity contribution in [1.29, 1.82) is 0 Å². The van der Waals surface area contributed by atoms with E-state index in [0.29, 0.717) is 25.3 Å². The van der Waals surface area contributed by atoms with Gasteiger partial charge in [-0.2, -0.15) is 0 Å². The standard InChI is InChI=1S/C19H26N2O3/c1-22-10-8-13-15(9-11-23-2)19(21)16(12-17(13)20)14-6-4-5-7-18(14)24-3/h4-7,12H,8-11,20-21H2,1-3H3. The summed E-state index contributed by atoms with van der Waals surface area (Å²) < 4.78 is 15.9. The van der Waals surface area contributed by atoms with Crippen LogP contribution in [0.3, 0.4) is 0 Å². The van der Waals surface area contributed by atoms with E-state index in [1.165, 1.54) is 0 Å². The minimum absolute atomic E-state index is 0.582. The van der Waals surface area contributed by atoms with Gasteiger partial charge in [0.2, 0.25) is 0 Å². The van der Waals surface area contributed by atoms with Gasteiger partial charge in [0, 0.05) is 36.7 Å². The second-order valence-electron chi connectivity index (χ2n) is 5.57. The van der Waals surface area contributed by atoms with Crippen LogP contribution in [0, 0.1) is 0 Å². The molecule has 0 saturated heterocycles. The number of para-hydroxylation sites is 1. The molecule has 0 atom stereocenters. The van der Waals surface area contributed by atoms with Gasteiger partial charge in [-0.15, -0.1) is 0 Å². The summed E-state index contributed by atoms with van der Waals surface area (Å²) in [5, 5.41) is 0. The van der Waals surface area contributed by atoms with Crippen molar-refractivity contribution in [3.05, 3.63) is 41.5 Å². The van der Waals surface area contributed by atoms with Crippen LogP contribution >= 0.6 is 0 Å². The molecule has 0 saturated carbocycles. The van der Waals surface area contributed by atoms with Crippen molar-refractivity contribution in [3.8, 4) is 16.9 Å². The van der Waals surface area contributed by atoms with Crippen LogP contribution in [-0.2, 0) is 22.3 Å². The van der Waals surface area contributed by atoms with E-state index in [0.717, 1.165) is 40.1 Å². The first-order valence-electron chi connectivity index (χ1n) is 7.95. The van der Waals surface area contributed by atoms with Gasteiger partial charge in [-0.1, -0.05) is 18.2 Å². The fourth-order valence-electron chi connectivity index (χ4n) is 2.90. The Bertz CT molecular complexity index is 687. The van der Waals surface area contributed by atoms with E-state index in [1.807, 2.05) is 30.3 Å². The lowest BCUT2D eigenvalue weighted by Gasteiger charge is -2.20. The molecule has 0 aliphatic carbocycles. The number of anilines is 2. The molecule has 0 radical (unpaired) electrons. The fourth-order valence-corrected chi connectivity index (χ4v) is 2.90. The Labute approximate surface area is 143 Å². The van der Waals surface area contributed by atoms with Crippen molar-refractivity contribution in [2.75, 3.05) is 46.0 Å². The van der Waals surface area contributed by atoms with E-state index in [9.17, 15) is 0 Å². The molecular weight excluding hydrogens is 304 g/mol. The Hall–Kier alpha value is -2.24. The highest BCUT2D eigenvalue weighted by atomic mass is 16.5. The lowest BCUT2D eigenvalue weighted by Crippen LogP contribution is -2.11. The van der Waals surface area contributed by atoms with Crippen molar-refractivity contribution in [2.45, 2.75) is 12.8 Å². The maximum atomic E-state index is 6.51. The third-order valence-electron chi connectivity index (χ3n) is 4.14. The monoisotopic (exact) mass is 330 g/mol. The maximum Gasteiger partial charge on any atom is 0.126 e. The summed E-state index contributed by atoms with van der Waals surface area (Å²) in [4.78, 5) is 0. The van der Waals surface area contributed by atoms with Gasteiger partial charge in [-0.05, 0) is 36.1 Å². The molecule has 5 heteroatoms. The molecule has 0 aliphatic rings. The van der Waals surface area contributed by atoms with Gasteiger partial charge in [0.1, 0.15) is 5.75 Å². The SMILES string of the molecule is COCCc1c(N)cc(-c2ccccc2OC)c(N)c1CCOC. The molecule has 130 valence electrons. The van der Waals surface area contributed by atoms with E-state index in [2.05, 4.69) is 0 Å². The predicted molar refractivity (Wildman–Crippen MR) is 98.4 cm³/mol. The van der Waals surface area contributed by atoms with Crippen LogP contribution in [0.2, 0.25) is 0 Å². The summed E-state index contributed by atoms with van der Waals surface area (Å²) in [5.41, 5.74) is 18.2. The van der Waals surface area contributed by atoms with Crippen LogP contribution in [0.4, 0.5) is 11.4 Å². The first-order chi connectivity index (χ1) is 11.6. The second-order valence-corrected chi connectivity index (χ2v) is 5.57. The lowest BCUT2D eigenvalue weighted by molar-refractivity contribution is 0.198. The topological polar surface area (TPSA) is 79.7 Å². The molecule has 2 rings (SSSR count). The number of nitrogen functional groups attached to an aromatic ring is 2. The first kappa shape index (κ1) is 18.1. The zero-order valence-electron chi connectivity index (χ0n) is 14.6. The molecule has 0 fully saturated rings. The molecule has 5 nitrogen and oxygen atoms in total. The Morgan fingerprint density at radius 2 is 1.46 bits per heavy atom. The number of benzene rings is 2. The summed E-state index contributed by atoms with van der Waals surface area (Å²) in [7, 11) is 5.01. The van der Waals surface area contributed by atoms with E-state index in [1.54, 1.807) is 21.3 Å². The van der Waals surface area contributed by atoms with Crippen molar-refractivity contribution >= 4 is 11.4 Å². The van der Waals surface area contributed by atoms with Crippen molar-refractivity contribution in [1.82, 2.24) is 0 Å². The van der Waals surface area contributed by atoms with E-state index in [-0.39, 0.29) is 0 Å². The molecule has 2 aromatic rings. The fraction of sp³-hybridized carbons (Fsp3) is 0.368. The molecule has 0 bridgehead atoms. The number of methoxy groups -OCH3 is 3. The van der Waals surface area contributed by atoms with Crippen LogP contribution in [0.5, 0.6) is 5.75 Å². The highest BCUT2D eigenvalue weighted by Gasteiger charge is 2.17. The van der Waals surface area contributed by atoms with Gasteiger partial charge in [-0.3, -0.25) is 0 Å². The smallest absolute Gasteiger partial charge is 0.126 e. The average Bonchev–Trinajstić information content (AvgIpc) is 2.61. The summed E-state index contributed by atoms with van der Waals surface area (Å²) in [6.07, 6.45) is 1.42. The molecule has 4 N–H and O–H groups in total. The number of hydrogen-bond donors (Lipinski definition) is 2. The lowest BCUT2D eigenvalue weighted by atomic mass is 9.91. The van der Waals surface area contributed by atoms with Crippen molar-refractivity contribution in [3.63, 3.8) is 0 Å². The summed E-state index contributed by atoms with van der Waals surface area (Å²) in [6.45, 7) is 1.18. The van der Waals surface area contributed by atoms with Gasteiger partial charge in [0.25, 0.3) is 0 Å². The first-order valence-corrected chi connectivity index (χ1v) is 7.95. The normalized spacial score (nSPS) is 10.8. The van der Waals surface area contributed by atoms with Gasteiger partial charge in [-0.25, -0.2) is 0 Å². The molecule has 2 aromatic carbocycles. The van der Waals surface area contributed by atoms with E-state index < -0.39 is 0 Å². The number of rotatable bonds is 8. The van der Waals surface area contributed by atoms with Crippen LogP contribution in [0.1, 0.15) is 11.1 Å². The molecule has 0 aromatic heterocycles. The second kappa shape index (κ2) is 8.57. The van der Waals surface area contributed by atoms with Crippen LogP contribution < -0.4 is 16.2 Å². The highest BCUT2D eigenvalue weighted by molar-refractivity contribution is 5.86. The molecular formula is C19H26N2O3. The Morgan fingerprint density at radius 1 is 0.833 bits per heavy atom. The molecule has 0 aliphatic heterocycles. The summed E-state index contributed by atoms with van der Waals surface area (Å²) in [5.74, 6) is 0.769. The van der Waals surface area contributed by atoms with Gasteiger partial charge in [0.15, 0.2) is 0 Å². The van der Waals surface area contributed by atoms with Gasteiger partial charge in [0.05, 0.1) is 20.3 Å². The number of hydrogen-bond acceptors (Lipinski definition) is 5. The minimum Gasteiger partial charge on any atom is -0.496 e. The van der Waals surface area contributed by atoms with E-state index in [4.69, 9.17) is 25.7 Å². The predicted octanol–water partition coefficient (Wildman–Crippen LogP) is 2.90. The maximum absolute atomic E-state index is 6.51. The van der Waals surface area contributed by atoms with Crippen molar-refractivity contribution < 1.29 is 14.2 Å². The molecule has 0 unspecified atom stereocenters.